The Labute approximate surface area is 158 Å². The molecule has 22 heavy (non-hydrogen) atoms. The number of hydrogen-bond acceptors (Lipinski definition) is 2. The quantitative estimate of drug-likeness (QED) is 0.428. The Morgan fingerprint density at radius 1 is 1.05 bits per heavy atom. The summed E-state index contributed by atoms with van der Waals surface area (Å²) in [5.41, 5.74) is 3.42. The standard InChI is InChI=1S/C10H14.C7H7NO.2ClH.Ru/c1-8(2)10-6-4-9(3)5-7-10;1-6(9)7-3-2-4-8-5-7;;;/h4-8H,1-3H3;2-5H,1H3;2*1H;/q;;;;+2/p-2. The van der Waals surface area contributed by atoms with E-state index >= 15 is 0 Å². The maximum absolute atomic E-state index is 10.6. The van der Waals surface area contributed by atoms with Crippen LogP contribution >= 0.6 is 0 Å². The molecule has 0 fully saturated rings. The molecule has 0 aliphatic carbocycles. The molecule has 122 valence electrons. The fourth-order valence-corrected chi connectivity index (χ4v) is 1.52. The van der Waals surface area contributed by atoms with Crippen LogP contribution in [0.5, 0.6) is 0 Å². The van der Waals surface area contributed by atoms with Crippen LogP contribution in [0, 0.1) is 6.92 Å². The van der Waals surface area contributed by atoms with Gasteiger partial charge in [-0.05, 0) is 37.5 Å². The van der Waals surface area contributed by atoms with Gasteiger partial charge in [0.15, 0.2) is 5.78 Å². The Balaban J connectivity index is -0.000000290. The van der Waals surface area contributed by atoms with Crippen LogP contribution in [0.25, 0.3) is 0 Å². The second-order valence-electron chi connectivity index (χ2n) is 4.86. The van der Waals surface area contributed by atoms with E-state index in [1.807, 2.05) is 0 Å². The van der Waals surface area contributed by atoms with Crippen molar-refractivity contribution in [3.05, 3.63) is 65.5 Å². The molecule has 0 N–H and O–H groups in total. The molecule has 0 radical (unpaired) electrons. The zero-order valence-electron chi connectivity index (χ0n) is 13.2. The van der Waals surface area contributed by atoms with Gasteiger partial charge in [-0.15, -0.1) is 0 Å². The minimum absolute atomic E-state index is 0. The van der Waals surface area contributed by atoms with Gasteiger partial charge in [0.1, 0.15) is 0 Å². The molecular formula is C17H21Cl2NORu. The zero-order chi connectivity index (χ0) is 14.3. The molecule has 5 heteroatoms. The first-order chi connectivity index (χ1) is 9.00. The van der Waals surface area contributed by atoms with Crippen molar-refractivity contribution in [3.8, 4) is 0 Å². The molecule has 1 aromatic heterocycles. The molecule has 1 aromatic carbocycles. The molecule has 0 saturated carbocycles. The van der Waals surface area contributed by atoms with Gasteiger partial charge < -0.3 is 24.8 Å². The summed E-state index contributed by atoms with van der Waals surface area (Å²) in [6, 6.07) is 12.2. The number of Topliss-reactive ketones (excluding diaryl/α,β-unsaturated/α-hetero) is 1. The fourth-order valence-electron chi connectivity index (χ4n) is 1.52. The number of ketones is 1. The smallest absolute Gasteiger partial charge is 1.00 e. The number of rotatable bonds is 2. The van der Waals surface area contributed by atoms with E-state index in [2.05, 4.69) is 50.0 Å². The monoisotopic (exact) mass is 427 g/mol. The van der Waals surface area contributed by atoms with Crippen molar-refractivity contribution in [2.75, 3.05) is 0 Å². The Bertz CT molecular complexity index is 516. The molecular weight excluding hydrogens is 406 g/mol. The number of benzene rings is 1. The third-order valence-electron chi connectivity index (χ3n) is 2.81. The topological polar surface area (TPSA) is 30.0 Å². The van der Waals surface area contributed by atoms with E-state index in [0.717, 1.165) is 0 Å². The van der Waals surface area contributed by atoms with Gasteiger partial charge >= 0.3 is 19.5 Å². The maximum Gasteiger partial charge on any atom is 2.00 e. The van der Waals surface area contributed by atoms with Crippen LogP contribution in [0.4, 0.5) is 0 Å². The van der Waals surface area contributed by atoms with Gasteiger partial charge in [0, 0.05) is 18.0 Å². The Morgan fingerprint density at radius 2 is 1.59 bits per heavy atom. The van der Waals surface area contributed by atoms with Crippen LogP contribution in [0.1, 0.15) is 48.2 Å². The average Bonchev–Trinajstić information content (AvgIpc) is 2.41. The van der Waals surface area contributed by atoms with Gasteiger partial charge in [0.2, 0.25) is 0 Å². The average molecular weight is 427 g/mol. The van der Waals surface area contributed by atoms with Crippen LogP contribution in [0.3, 0.4) is 0 Å². The summed E-state index contributed by atoms with van der Waals surface area (Å²) < 4.78 is 0. The summed E-state index contributed by atoms with van der Waals surface area (Å²) in [5.74, 6) is 0.712. The van der Waals surface area contributed by atoms with E-state index < -0.39 is 0 Å². The SMILES string of the molecule is CC(=O)c1cccnc1.Cc1ccc(C(C)C)cc1.[Cl-].[Cl-].[Ru+2]. The predicted octanol–water partition coefficient (Wildman–Crippen LogP) is -1.59. The van der Waals surface area contributed by atoms with Gasteiger partial charge in [0.05, 0.1) is 0 Å². The van der Waals surface area contributed by atoms with Crippen LogP contribution < -0.4 is 24.8 Å². The second-order valence-corrected chi connectivity index (χ2v) is 4.86. The minimum Gasteiger partial charge on any atom is -1.00 e. The molecule has 0 atom stereocenters. The van der Waals surface area contributed by atoms with E-state index in [1.54, 1.807) is 24.5 Å². The second kappa shape index (κ2) is 13.9. The number of carbonyl (C=O) groups is 1. The fraction of sp³-hybridized carbons (Fsp3) is 0.294. The van der Waals surface area contributed by atoms with Crippen molar-refractivity contribution in [1.82, 2.24) is 4.98 Å². The van der Waals surface area contributed by atoms with E-state index in [-0.39, 0.29) is 50.1 Å². The van der Waals surface area contributed by atoms with Crippen molar-refractivity contribution in [3.63, 3.8) is 0 Å². The molecule has 2 rings (SSSR count). The summed E-state index contributed by atoms with van der Waals surface area (Å²) in [6.07, 6.45) is 3.20. The van der Waals surface area contributed by atoms with Crippen molar-refractivity contribution in [2.24, 2.45) is 0 Å². The van der Waals surface area contributed by atoms with E-state index in [4.69, 9.17) is 0 Å². The number of aromatic nitrogens is 1. The van der Waals surface area contributed by atoms with Crippen molar-refractivity contribution in [2.45, 2.75) is 33.6 Å². The molecule has 0 amide bonds. The summed E-state index contributed by atoms with van der Waals surface area (Å²) in [6.45, 7) is 8.07. The van der Waals surface area contributed by atoms with Gasteiger partial charge in [-0.25, -0.2) is 0 Å². The first-order valence-corrected chi connectivity index (χ1v) is 6.48. The van der Waals surface area contributed by atoms with E-state index in [1.165, 1.54) is 18.1 Å². The van der Waals surface area contributed by atoms with Gasteiger partial charge in [-0.3, -0.25) is 9.78 Å². The molecule has 0 spiro atoms. The predicted molar refractivity (Wildman–Crippen MR) is 79.5 cm³/mol. The van der Waals surface area contributed by atoms with Crippen LogP contribution in [0.15, 0.2) is 48.8 Å². The molecule has 1 heterocycles. The van der Waals surface area contributed by atoms with Gasteiger partial charge in [-0.1, -0.05) is 43.7 Å². The number of nitrogens with zero attached hydrogens (tertiary/aromatic N) is 1. The van der Waals surface area contributed by atoms with Gasteiger partial charge in [0.25, 0.3) is 0 Å². The zero-order valence-corrected chi connectivity index (χ0v) is 16.4. The summed E-state index contributed by atoms with van der Waals surface area (Å²) in [7, 11) is 0. The first kappa shape index (κ1) is 26.2. The number of halogens is 2. The molecule has 2 aromatic rings. The van der Waals surface area contributed by atoms with Gasteiger partial charge in [-0.2, -0.15) is 0 Å². The van der Waals surface area contributed by atoms with Crippen LogP contribution in [-0.2, 0) is 19.5 Å². The Hall–Kier alpha value is -0.757. The Kier molecular flexibility index (Phi) is 16.5. The molecule has 0 aliphatic heterocycles. The number of carbonyl (C=O) groups excluding carboxylic acids is 1. The first-order valence-electron chi connectivity index (χ1n) is 6.48. The number of aryl methyl sites for hydroxylation is 1. The minimum atomic E-state index is 0. The number of pyridine rings is 1. The van der Waals surface area contributed by atoms with E-state index in [9.17, 15) is 4.79 Å². The normalized spacial score (nSPS) is 8.41. The summed E-state index contributed by atoms with van der Waals surface area (Å²) in [4.78, 5) is 14.4. The third-order valence-corrected chi connectivity index (χ3v) is 2.81. The van der Waals surface area contributed by atoms with Crippen molar-refractivity contribution in [1.29, 1.82) is 0 Å². The molecule has 0 unspecified atom stereocenters. The van der Waals surface area contributed by atoms with Crippen LogP contribution in [-0.4, -0.2) is 10.8 Å². The molecule has 0 aliphatic rings. The molecule has 2 nitrogen and oxygen atoms in total. The van der Waals surface area contributed by atoms with E-state index in [0.29, 0.717) is 11.5 Å². The van der Waals surface area contributed by atoms with Crippen molar-refractivity contribution >= 4 is 5.78 Å². The molecule has 0 saturated heterocycles. The third kappa shape index (κ3) is 10.1. The molecule has 0 bridgehead atoms. The van der Waals surface area contributed by atoms with Crippen LogP contribution in [0.2, 0.25) is 0 Å². The van der Waals surface area contributed by atoms with Crippen molar-refractivity contribution < 1.29 is 49.1 Å². The number of hydrogen-bond donors (Lipinski definition) is 0. The maximum atomic E-state index is 10.6. The summed E-state index contributed by atoms with van der Waals surface area (Å²) in [5, 5.41) is 0. The summed E-state index contributed by atoms with van der Waals surface area (Å²) >= 11 is 0. The Morgan fingerprint density at radius 3 is 1.91 bits per heavy atom. The largest absolute Gasteiger partial charge is 2.00 e.